The van der Waals surface area contributed by atoms with Crippen molar-refractivity contribution < 1.29 is 9.13 Å². The summed E-state index contributed by atoms with van der Waals surface area (Å²) in [4.78, 5) is 0. The van der Waals surface area contributed by atoms with Crippen LogP contribution in [0.25, 0.3) is 0 Å². The van der Waals surface area contributed by atoms with Crippen LogP contribution < -0.4 is 10.5 Å². The minimum atomic E-state index is -0.357. The molecule has 1 aromatic carbocycles. The van der Waals surface area contributed by atoms with Crippen molar-refractivity contribution in [3.8, 4) is 5.75 Å². The maximum atomic E-state index is 11.9. The molecule has 1 rings (SSSR count). The zero-order valence-corrected chi connectivity index (χ0v) is 10.3. The second-order valence-corrected chi connectivity index (χ2v) is 4.28. The number of rotatable bonds is 5. The molecule has 2 nitrogen and oxygen atoms in total. The van der Waals surface area contributed by atoms with E-state index in [1.165, 1.54) is 0 Å². The van der Waals surface area contributed by atoms with Crippen molar-refractivity contribution >= 4 is 15.9 Å². The maximum Gasteiger partial charge on any atom is 0.124 e. The Bertz CT molecular complexity index is 317. The number of hydrogen-bond donors (Lipinski definition) is 1. The fourth-order valence-electron chi connectivity index (χ4n) is 1.24. The van der Waals surface area contributed by atoms with E-state index in [4.69, 9.17) is 10.5 Å². The topological polar surface area (TPSA) is 35.2 Å². The number of alkyl halides is 1. The largest absolute Gasteiger partial charge is 0.493 e. The first-order valence-corrected chi connectivity index (χ1v) is 5.68. The quantitative estimate of drug-likeness (QED) is 0.838. The zero-order valence-electron chi connectivity index (χ0n) is 8.67. The molecule has 4 heteroatoms. The molecule has 0 heterocycles. The third-order valence-corrected chi connectivity index (χ3v) is 2.49. The van der Waals surface area contributed by atoms with Crippen LogP contribution in [0.4, 0.5) is 4.39 Å². The van der Waals surface area contributed by atoms with E-state index in [9.17, 15) is 4.39 Å². The lowest BCUT2D eigenvalue weighted by molar-refractivity contribution is 0.286. The van der Waals surface area contributed by atoms with Gasteiger partial charge >= 0.3 is 0 Å². The molecule has 84 valence electrons. The van der Waals surface area contributed by atoms with Crippen LogP contribution in [0.3, 0.4) is 0 Å². The summed E-state index contributed by atoms with van der Waals surface area (Å²) in [6, 6.07) is 5.57. The summed E-state index contributed by atoms with van der Waals surface area (Å²) >= 11 is 3.38. The molecule has 1 unspecified atom stereocenters. The first-order valence-electron chi connectivity index (χ1n) is 4.89. The van der Waals surface area contributed by atoms with Crippen LogP contribution in [0.2, 0.25) is 0 Å². The lowest BCUT2D eigenvalue weighted by Gasteiger charge is -2.13. The lowest BCUT2D eigenvalue weighted by atomic mass is 10.1. The fourth-order valence-corrected chi connectivity index (χ4v) is 1.62. The minimum Gasteiger partial charge on any atom is -0.493 e. The molecule has 1 aromatic rings. The predicted octanol–water partition coefficient (Wildman–Crippen LogP) is 3.21. The van der Waals surface area contributed by atoms with Crippen LogP contribution in [0.15, 0.2) is 22.7 Å². The number of hydrogen-bond acceptors (Lipinski definition) is 2. The average molecular weight is 276 g/mol. The fraction of sp³-hybridized carbons (Fsp3) is 0.455. The van der Waals surface area contributed by atoms with Crippen LogP contribution in [-0.4, -0.2) is 13.3 Å². The van der Waals surface area contributed by atoms with Crippen molar-refractivity contribution in [3.63, 3.8) is 0 Å². The first kappa shape index (κ1) is 12.5. The molecule has 0 spiro atoms. The van der Waals surface area contributed by atoms with Gasteiger partial charge in [-0.25, -0.2) is 0 Å². The van der Waals surface area contributed by atoms with Gasteiger partial charge in [0, 0.05) is 22.5 Å². The van der Waals surface area contributed by atoms with Gasteiger partial charge in [-0.15, -0.1) is 0 Å². The molecule has 0 bridgehead atoms. The second-order valence-electron chi connectivity index (χ2n) is 3.36. The van der Waals surface area contributed by atoms with Gasteiger partial charge in [-0.3, -0.25) is 4.39 Å². The Kier molecular flexibility index (Phi) is 5.05. The highest BCUT2D eigenvalue weighted by Gasteiger charge is 2.08. The van der Waals surface area contributed by atoms with Gasteiger partial charge in [0.05, 0.1) is 13.3 Å². The molecule has 0 aliphatic heterocycles. The smallest absolute Gasteiger partial charge is 0.124 e. The van der Waals surface area contributed by atoms with Gasteiger partial charge in [-0.05, 0) is 25.1 Å². The molecule has 15 heavy (non-hydrogen) atoms. The maximum absolute atomic E-state index is 11.9. The molecule has 0 aromatic heterocycles. The summed E-state index contributed by atoms with van der Waals surface area (Å²) in [5.41, 5.74) is 6.75. The molecule has 0 aliphatic carbocycles. The molecule has 0 saturated carbocycles. The summed E-state index contributed by atoms with van der Waals surface area (Å²) in [5, 5.41) is 0. The van der Waals surface area contributed by atoms with Crippen LogP contribution in [0, 0.1) is 0 Å². The van der Waals surface area contributed by atoms with Gasteiger partial charge in [-0.1, -0.05) is 15.9 Å². The predicted molar refractivity (Wildman–Crippen MR) is 62.8 cm³/mol. The Balaban J connectivity index is 2.77. The number of benzene rings is 1. The monoisotopic (exact) mass is 275 g/mol. The minimum absolute atomic E-state index is 0.0946. The Morgan fingerprint density at radius 2 is 2.27 bits per heavy atom. The van der Waals surface area contributed by atoms with E-state index >= 15 is 0 Å². The van der Waals surface area contributed by atoms with Crippen LogP contribution in [0.5, 0.6) is 5.75 Å². The molecule has 0 aliphatic rings. The van der Waals surface area contributed by atoms with Crippen molar-refractivity contribution in [1.82, 2.24) is 0 Å². The normalized spacial score (nSPS) is 12.5. The van der Waals surface area contributed by atoms with Gasteiger partial charge in [0.15, 0.2) is 0 Å². The summed E-state index contributed by atoms with van der Waals surface area (Å²) in [6.45, 7) is 1.92. The van der Waals surface area contributed by atoms with Gasteiger partial charge < -0.3 is 10.5 Å². The van der Waals surface area contributed by atoms with Crippen LogP contribution in [-0.2, 0) is 0 Å². The standard InChI is InChI=1S/C11H15BrFNO/c1-8(14)10-7-9(12)3-4-11(10)15-6-2-5-13/h3-4,7-8H,2,5-6,14H2,1H3. The molecule has 0 saturated heterocycles. The molecule has 0 fully saturated rings. The van der Waals surface area contributed by atoms with E-state index in [1.54, 1.807) is 0 Å². The molecule has 2 N–H and O–H groups in total. The highest BCUT2D eigenvalue weighted by atomic mass is 79.9. The average Bonchev–Trinajstić information content (AvgIpc) is 2.20. The third-order valence-electron chi connectivity index (χ3n) is 2.00. The van der Waals surface area contributed by atoms with Crippen LogP contribution in [0.1, 0.15) is 24.9 Å². The molecule has 0 amide bonds. The Morgan fingerprint density at radius 1 is 1.53 bits per heavy atom. The van der Waals surface area contributed by atoms with E-state index in [1.807, 2.05) is 25.1 Å². The van der Waals surface area contributed by atoms with Crippen molar-refractivity contribution in [1.29, 1.82) is 0 Å². The summed E-state index contributed by atoms with van der Waals surface area (Å²) in [6.07, 6.45) is 0.411. The molecular formula is C11H15BrFNO. The highest BCUT2D eigenvalue weighted by Crippen LogP contribution is 2.27. The van der Waals surface area contributed by atoms with Gasteiger partial charge in [0.1, 0.15) is 5.75 Å². The Morgan fingerprint density at radius 3 is 2.87 bits per heavy atom. The highest BCUT2D eigenvalue weighted by molar-refractivity contribution is 9.10. The van der Waals surface area contributed by atoms with Gasteiger partial charge in [-0.2, -0.15) is 0 Å². The third kappa shape index (κ3) is 3.80. The summed E-state index contributed by atoms with van der Waals surface area (Å²) < 4.78 is 18.3. The Labute approximate surface area is 97.7 Å². The lowest BCUT2D eigenvalue weighted by Crippen LogP contribution is -2.09. The van der Waals surface area contributed by atoms with Crippen molar-refractivity contribution in [2.75, 3.05) is 13.3 Å². The molecule has 1 atom stereocenters. The van der Waals surface area contributed by atoms with E-state index < -0.39 is 0 Å². The SMILES string of the molecule is CC(N)c1cc(Br)ccc1OCCCF. The summed E-state index contributed by atoms with van der Waals surface area (Å²) in [5.74, 6) is 0.738. The van der Waals surface area contributed by atoms with Gasteiger partial charge in [0.2, 0.25) is 0 Å². The van der Waals surface area contributed by atoms with E-state index in [0.717, 1.165) is 15.8 Å². The molecular weight excluding hydrogens is 261 g/mol. The second kappa shape index (κ2) is 6.08. The van der Waals surface area contributed by atoms with Crippen LogP contribution >= 0.6 is 15.9 Å². The Hall–Kier alpha value is -0.610. The van der Waals surface area contributed by atoms with Crippen molar-refractivity contribution in [2.24, 2.45) is 5.73 Å². The zero-order chi connectivity index (χ0) is 11.3. The van der Waals surface area contributed by atoms with E-state index in [-0.39, 0.29) is 12.7 Å². The number of nitrogens with two attached hydrogens (primary N) is 1. The van der Waals surface area contributed by atoms with Gasteiger partial charge in [0.25, 0.3) is 0 Å². The molecule has 0 radical (unpaired) electrons. The number of ether oxygens (including phenoxy) is 1. The van der Waals surface area contributed by atoms with E-state index in [2.05, 4.69) is 15.9 Å². The van der Waals surface area contributed by atoms with Crippen molar-refractivity contribution in [2.45, 2.75) is 19.4 Å². The number of halogens is 2. The van der Waals surface area contributed by atoms with Crippen molar-refractivity contribution in [3.05, 3.63) is 28.2 Å². The first-order chi connectivity index (χ1) is 7.15. The van der Waals surface area contributed by atoms with E-state index in [0.29, 0.717) is 13.0 Å². The summed E-state index contributed by atoms with van der Waals surface area (Å²) in [7, 11) is 0.